The van der Waals surface area contributed by atoms with Crippen molar-refractivity contribution in [1.29, 1.82) is 0 Å². The third-order valence-electron chi connectivity index (χ3n) is 6.33. The molecule has 2 bridgehead atoms. The van der Waals surface area contributed by atoms with E-state index in [1.165, 1.54) is 5.57 Å². The molecule has 138 valence electrons. The monoisotopic (exact) mass is 338 g/mol. The lowest BCUT2D eigenvalue weighted by atomic mass is 9.63. The van der Waals surface area contributed by atoms with Gasteiger partial charge in [0.1, 0.15) is 0 Å². The molecule has 4 nitrogen and oxygen atoms in total. The highest BCUT2D eigenvalue weighted by molar-refractivity contribution is 5.17. The van der Waals surface area contributed by atoms with Crippen LogP contribution in [0, 0.1) is 17.3 Å². The Morgan fingerprint density at radius 1 is 1.12 bits per heavy atom. The zero-order valence-electron chi connectivity index (χ0n) is 15.3. The van der Waals surface area contributed by atoms with Gasteiger partial charge in [0.05, 0.1) is 18.3 Å². The third-order valence-corrected chi connectivity index (χ3v) is 6.33. The predicted molar refractivity (Wildman–Crippen MR) is 95.4 cm³/mol. The van der Waals surface area contributed by atoms with Crippen LogP contribution in [0.2, 0.25) is 0 Å². The minimum Gasteiger partial charge on any atom is -0.396 e. The molecule has 2 rings (SSSR count). The van der Waals surface area contributed by atoms with Crippen molar-refractivity contribution in [2.24, 2.45) is 17.3 Å². The molecule has 2 fully saturated rings. The van der Waals surface area contributed by atoms with Crippen LogP contribution in [0.4, 0.5) is 0 Å². The first-order chi connectivity index (χ1) is 11.3. The average molecular weight is 338 g/mol. The summed E-state index contributed by atoms with van der Waals surface area (Å²) in [6, 6.07) is 0. The molecule has 0 aliphatic heterocycles. The summed E-state index contributed by atoms with van der Waals surface area (Å²) in [5, 5.41) is 41.6. The van der Waals surface area contributed by atoms with E-state index in [0.717, 1.165) is 24.8 Å². The molecule has 0 radical (unpaired) electrons. The first kappa shape index (κ1) is 19.6. The quantitative estimate of drug-likeness (QED) is 0.581. The minimum absolute atomic E-state index is 0.0392. The highest BCUT2D eigenvalue weighted by atomic mass is 16.3. The van der Waals surface area contributed by atoms with Crippen molar-refractivity contribution in [3.05, 3.63) is 23.3 Å². The number of hydrogen-bond acceptors (Lipinski definition) is 4. The SMILES string of the molecule is CC(C)=CC/C=C(\CO)[C@H]1CC[C@@]2(C)C[C@](O)(CC[C@H]2O)[C@@H]1CO. The van der Waals surface area contributed by atoms with E-state index in [1.54, 1.807) is 0 Å². The standard InChI is InChI=1S/C20H34O4/c1-14(2)5-4-6-15(11-21)16-7-9-19(3)13-20(24,17(16)12-22)10-8-18(19)23/h5-6,16-18,21-24H,4,7-13H2,1-3H3/b15-6+/t16-,17-,18-,19+,20-/m1/s1. The number of allylic oxidation sites excluding steroid dienone is 3. The molecule has 4 N–H and O–H groups in total. The van der Waals surface area contributed by atoms with Gasteiger partial charge in [0.2, 0.25) is 0 Å². The number of hydrogen-bond donors (Lipinski definition) is 4. The zero-order chi connectivity index (χ0) is 18.0. The summed E-state index contributed by atoms with van der Waals surface area (Å²) in [5.41, 5.74) is 0.864. The van der Waals surface area contributed by atoms with Gasteiger partial charge in [-0.25, -0.2) is 0 Å². The van der Waals surface area contributed by atoms with E-state index < -0.39 is 11.7 Å². The molecule has 24 heavy (non-hydrogen) atoms. The summed E-state index contributed by atoms with van der Waals surface area (Å²) in [6.45, 7) is 6.00. The van der Waals surface area contributed by atoms with E-state index >= 15 is 0 Å². The van der Waals surface area contributed by atoms with Gasteiger partial charge < -0.3 is 20.4 Å². The summed E-state index contributed by atoms with van der Waals surface area (Å²) in [7, 11) is 0. The highest BCUT2D eigenvalue weighted by Gasteiger charge is 2.54. The second-order valence-corrected chi connectivity index (χ2v) is 8.38. The maximum absolute atomic E-state index is 11.3. The van der Waals surface area contributed by atoms with Crippen molar-refractivity contribution in [2.45, 2.75) is 71.0 Å². The summed E-state index contributed by atoms with van der Waals surface area (Å²) < 4.78 is 0. The summed E-state index contributed by atoms with van der Waals surface area (Å²) in [6.07, 6.45) is 7.70. The highest BCUT2D eigenvalue weighted by Crippen LogP contribution is 2.54. The van der Waals surface area contributed by atoms with Crippen LogP contribution >= 0.6 is 0 Å². The molecule has 5 atom stereocenters. The Hall–Kier alpha value is -0.680. The van der Waals surface area contributed by atoms with Gasteiger partial charge in [-0.05, 0) is 69.3 Å². The molecule has 0 aromatic rings. The minimum atomic E-state index is -0.964. The van der Waals surface area contributed by atoms with Crippen LogP contribution < -0.4 is 0 Å². The normalized spacial score (nSPS) is 40.1. The fourth-order valence-corrected chi connectivity index (χ4v) is 4.79. The van der Waals surface area contributed by atoms with Crippen LogP contribution in [-0.4, -0.2) is 45.3 Å². The van der Waals surface area contributed by atoms with Gasteiger partial charge in [-0.1, -0.05) is 24.6 Å². The van der Waals surface area contributed by atoms with Crippen LogP contribution in [0.3, 0.4) is 0 Å². The molecular formula is C20H34O4. The van der Waals surface area contributed by atoms with Crippen LogP contribution in [-0.2, 0) is 0 Å². The Bertz CT molecular complexity index is 494. The molecular weight excluding hydrogens is 304 g/mol. The lowest BCUT2D eigenvalue weighted by Gasteiger charge is -2.48. The second-order valence-electron chi connectivity index (χ2n) is 8.38. The molecule has 0 aromatic heterocycles. The molecule has 0 spiro atoms. The summed E-state index contributed by atoms with van der Waals surface area (Å²) in [4.78, 5) is 0. The van der Waals surface area contributed by atoms with Crippen molar-refractivity contribution in [3.8, 4) is 0 Å². The fraction of sp³-hybridized carbons (Fsp3) is 0.800. The maximum Gasteiger partial charge on any atom is 0.0710 e. The van der Waals surface area contributed by atoms with Gasteiger partial charge in [0.15, 0.2) is 0 Å². The third kappa shape index (κ3) is 3.93. The summed E-state index contributed by atoms with van der Waals surface area (Å²) >= 11 is 0. The topological polar surface area (TPSA) is 80.9 Å². The molecule has 0 aromatic carbocycles. The zero-order valence-corrected chi connectivity index (χ0v) is 15.3. The Morgan fingerprint density at radius 2 is 1.83 bits per heavy atom. The smallest absolute Gasteiger partial charge is 0.0710 e. The van der Waals surface area contributed by atoms with Gasteiger partial charge in [-0.2, -0.15) is 0 Å². The van der Waals surface area contributed by atoms with E-state index in [1.807, 2.05) is 26.8 Å². The molecule has 0 unspecified atom stereocenters. The molecule has 2 saturated carbocycles. The number of aliphatic hydroxyl groups is 4. The number of fused-ring (bicyclic) bond motifs is 2. The van der Waals surface area contributed by atoms with Crippen molar-refractivity contribution >= 4 is 0 Å². The molecule has 0 heterocycles. The maximum atomic E-state index is 11.3. The lowest BCUT2D eigenvalue weighted by molar-refractivity contribution is -0.135. The second kappa shape index (κ2) is 7.69. The Balaban J connectivity index is 2.33. The van der Waals surface area contributed by atoms with Gasteiger partial charge in [0, 0.05) is 12.5 Å². The summed E-state index contributed by atoms with van der Waals surface area (Å²) in [5.74, 6) is -0.320. The Morgan fingerprint density at radius 3 is 2.42 bits per heavy atom. The van der Waals surface area contributed by atoms with Crippen molar-refractivity contribution in [3.63, 3.8) is 0 Å². The van der Waals surface area contributed by atoms with Crippen LogP contribution in [0.5, 0.6) is 0 Å². The number of rotatable bonds is 5. The van der Waals surface area contributed by atoms with Crippen molar-refractivity contribution in [2.75, 3.05) is 13.2 Å². The first-order valence-electron chi connectivity index (χ1n) is 9.20. The van der Waals surface area contributed by atoms with E-state index in [9.17, 15) is 20.4 Å². The van der Waals surface area contributed by atoms with E-state index in [2.05, 4.69) is 6.08 Å². The molecule has 0 saturated heterocycles. The van der Waals surface area contributed by atoms with E-state index in [4.69, 9.17) is 0 Å². The van der Waals surface area contributed by atoms with Gasteiger partial charge in [0.25, 0.3) is 0 Å². The largest absolute Gasteiger partial charge is 0.396 e. The van der Waals surface area contributed by atoms with E-state index in [-0.39, 0.29) is 30.5 Å². The fourth-order valence-electron chi connectivity index (χ4n) is 4.79. The van der Waals surface area contributed by atoms with Crippen LogP contribution in [0.15, 0.2) is 23.3 Å². The molecule has 2 aliphatic rings. The molecule has 4 heteroatoms. The van der Waals surface area contributed by atoms with Gasteiger partial charge in [-0.3, -0.25) is 0 Å². The molecule has 0 amide bonds. The molecule has 2 aliphatic carbocycles. The van der Waals surface area contributed by atoms with Gasteiger partial charge >= 0.3 is 0 Å². The van der Waals surface area contributed by atoms with Crippen LogP contribution in [0.1, 0.15) is 59.3 Å². The van der Waals surface area contributed by atoms with Crippen molar-refractivity contribution in [1.82, 2.24) is 0 Å². The van der Waals surface area contributed by atoms with Gasteiger partial charge in [-0.15, -0.1) is 0 Å². The Kier molecular flexibility index (Phi) is 6.29. The van der Waals surface area contributed by atoms with Crippen molar-refractivity contribution < 1.29 is 20.4 Å². The van der Waals surface area contributed by atoms with E-state index in [0.29, 0.717) is 19.3 Å². The predicted octanol–water partition coefficient (Wildman–Crippen LogP) is 2.56. The number of aliphatic hydroxyl groups excluding tert-OH is 3. The van der Waals surface area contributed by atoms with Crippen LogP contribution in [0.25, 0.3) is 0 Å². The average Bonchev–Trinajstić information content (AvgIpc) is 2.61. The Labute approximate surface area is 145 Å². The lowest BCUT2D eigenvalue weighted by Crippen LogP contribution is -2.52. The first-order valence-corrected chi connectivity index (χ1v) is 9.20.